The maximum absolute atomic E-state index is 15.5. The number of pyridine rings is 2. The Hall–Kier alpha value is -4.51. The van der Waals surface area contributed by atoms with Gasteiger partial charge in [-0.15, -0.1) is 0 Å². The molecule has 2 aliphatic heterocycles. The van der Waals surface area contributed by atoms with E-state index in [0.29, 0.717) is 70.1 Å². The van der Waals surface area contributed by atoms with Crippen LogP contribution in [0.3, 0.4) is 0 Å². The Bertz CT molecular complexity index is 1730. The van der Waals surface area contributed by atoms with Gasteiger partial charge in [0.05, 0.1) is 24.9 Å². The van der Waals surface area contributed by atoms with Crippen molar-refractivity contribution in [2.45, 2.75) is 39.0 Å². The van der Waals surface area contributed by atoms with E-state index >= 15 is 4.39 Å². The molecule has 1 atom stereocenters. The zero-order valence-electron chi connectivity index (χ0n) is 20.6. The lowest BCUT2D eigenvalue weighted by Gasteiger charge is -2.24. The van der Waals surface area contributed by atoms with Crippen molar-refractivity contribution in [1.29, 1.82) is 0 Å². The highest BCUT2D eigenvalue weighted by molar-refractivity contribution is 5.98. The molecule has 0 unspecified atom stereocenters. The maximum Gasteiger partial charge on any atom is 0.219 e. The molecule has 4 N–H and O–H groups in total. The van der Waals surface area contributed by atoms with Crippen molar-refractivity contribution in [3.63, 3.8) is 0 Å². The SMILES string of the molecule is Cc1c(-c2cc3cc(Nc4cc5n(n4)Cc4nccn4CC5)ncc3c(N)c2F)cnc2c1[C@H](O)CCO2. The topological polar surface area (TPSA) is 129 Å². The van der Waals surface area contributed by atoms with Gasteiger partial charge in [-0.3, -0.25) is 4.68 Å². The molecule has 1 aromatic carbocycles. The highest BCUT2D eigenvalue weighted by Crippen LogP contribution is 2.40. The highest BCUT2D eigenvalue weighted by Gasteiger charge is 2.26. The molecular weight excluding hydrogens is 487 g/mol. The fourth-order valence-corrected chi connectivity index (χ4v) is 5.40. The number of rotatable bonds is 3. The quantitative estimate of drug-likeness (QED) is 0.311. The number of aryl methyl sites for hydroxylation is 2. The van der Waals surface area contributed by atoms with Crippen molar-refractivity contribution < 1.29 is 14.2 Å². The first kappa shape index (κ1) is 22.7. The molecule has 7 rings (SSSR count). The molecular formula is C27H25FN8O2. The Morgan fingerprint density at radius 2 is 2.03 bits per heavy atom. The van der Waals surface area contributed by atoms with Crippen molar-refractivity contribution in [2.24, 2.45) is 0 Å². The van der Waals surface area contributed by atoms with Gasteiger partial charge in [0.15, 0.2) is 11.6 Å². The summed E-state index contributed by atoms with van der Waals surface area (Å²) in [6.07, 6.45) is 7.52. The summed E-state index contributed by atoms with van der Waals surface area (Å²) >= 11 is 0. The second-order valence-electron chi connectivity index (χ2n) is 9.70. The van der Waals surface area contributed by atoms with Gasteiger partial charge in [-0.25, -0.2) is 19.3 Å². The summed E-state index contributed by atoms with van der Waals surface area (Å²) in [6.45, 7) is 3.68. The van der Waals surface area contributed by atoms with Crippen LogP contribution in [-0.2, 0) is 19.5 Å². The number of ether oxygens (including phenoxy) is 1. The van der Waals surface area contributed by atoms with Gasteiger partial charge in [0.1, 0.15) is 11.6 Å². The van der Waals surface area contributed by atoms with Crippen molar-refractivity contribution in [2.75, 3.05) is 17.7 Å². The first-order valence-corrected chi connectivity index (χ1v) is 12.5. The molecule has 0 fully saturated rings. The van der Waals surface area contributed by atoms with Crippen LogP contribution in [-0.4, -0.2) is 41.0 Å². The highest BCUT2D eigenvalue weighted by atomic mass is 19.1. The third kappa shape index (κ3) is 3.58. The van der Waals surface area contributed by atoms with E-state index in [1.165, 1.54) is 0 Å². The first-order valence-electron chi connectivity index (χ1n) is 12.5. The largest absolute Gasteiger partial charge is 0.477 e. The van der Waals surface area contributed by atoms with Crippen molar-refractivity contribution in [3.8, 4) is 17.0 Å². The molecule has 0 amide bonds. The average molecular weight is 513 g/mol. The van der Waals surface area contributed by atoms with Crippen LogP contribution in [0.4, 0.5) is 21.7 Å². The number of nitrogens with one attached hydrogen (secondary N) is 1. The fraction of sp³-hybridized carbons (Fsp3) is 0.259. The molecule has 0 saturated carbocycles. The predicted molar refractivity (Wildman–Crippen MR) is 140 cm³/mol. The summed E-state index contributed by atoms with van der Waals surface area (Å²) in [7, 11) is 0. The lowest BCUT2D eigenvalue weighted by molar-refractivity contribution is 0.111. The lowest BCUT2D eigenvalue weighted by atomic mass is 9.92. The lowest BCUT2D eigenvalue weighted by Crippen LogP contribution is -2.16. The Morgan fingerprint density at radius 3 is 2.92 bits per heavy atom. The summed E-state index contributed by atoms with van der Waals surface area (Å²) in [5, 5.41) is 19.7. The van der Waals surface area contributed by atoms with E-state index in [9.17, 15) is 5.11 Å². The number of hydrogen-bond acceptors (Lipinski definition) is 8. The molecule has 192 valence electrons. The van der Waals surface area contributed by atoms with Gasteiger partial charge in [0.25, 0.3) is 0 Å². The van der Waals surface area contributed by atoms with Crippen LogP contribution in [0.2, 0.25) is 0 Å². The number of anilines is 3. The Morgan fingerprint density at radius 1 is 1.13 bits per heavy atom. The standard InChI is InChI=1S/C27H25FN8O2/c1-14-18(11-32-27-24(14)20(37)3-7-38-27)17-8-15-9-21(31-12-19(15)26(29)25(17)28)33-22-10-16-2-5-35-6-4-30-23(35)13-36(16)34-22/h4,6,8-12,20,37H,2-3,5,7,13,29H2,1H3,(H,31,33,34)/t20-/m1/s1. The van der Waals surface area contributed by atoms with Gasteiger partial charge in [0, 0.05) is 78.0 Å². The third-order valence-corrected chi connectivity index (χ3v) is 7.42. The summed E-state index contributed by atoms with van der Waals surface area (Å²) in [5.74, 6) is 2.04. The van der Waals surface area contributed by atoms with E-state index in [2.05, 4.69) is 24.8 Å². The van der Waals surface area contributed by atoms with Crippen LogP contribution in [0.25, 0.3) is 21.9 Å². The molecule has 6 heterocycles. The second kappa shape index (κ2) is 8.52. The van der Waals surface area contributed by atoms with Crippen LogP contribution in [0.1, 0.15) is 35.2 Å². The number of nitrogen functional groups attached to an aromatic ring is 1. The van der Waals surface area contributed by atoms with E-state index in [1.807, 2.05) is 36.1 Å². The fourth-order valence-electron chi connectivity index (χ4n) is 5.40. The van der Waals surface area contributed by atoms with Crippen LogP contribution >= 0.6 is 0 Å². The first-order chi connectivity index (χ1) is 18.5. The van der Waals surface area contributed by atoms with E-state index in [4.69, 9.17) is 15.6 Å². The van der Waals surface area contributed by atoms with E-state index in [1.54, 1.807) is 18.5 Å². The monoisotopic (exact) mass is 512 g/mol. The van der Waals surface area contributed by atoms with Crippen molar-refractivity contribution >= 4 is 28.1 Å². The minimum atomic E-state index is -0.711. The summed E-state index contributed by atoms with van der Waals surface area (Å²) in [4.78, 5) is 13.2. The van der Waals surface area contributed by atoms with Gasteiger partial charge >= 0.3 is 0 Å². The number of nitrogens with zero attached hydrogens (tertiary/aromatic N) is 6. The number of fused-ring (bicyclic) bond motifs is 4. The minimum absolute atomic E-state index is 0.00896. The van der Waals surface area contributed by atoms with Gasteiger partial charge in [-0.1, -0.05) is 0 Å². The van der Waals surface area contributed by atoms with Gasteiger partial charge < -0.3 is 25.5 Å². The van der Waals surface area contributed by atoms with Crippen LogP contribution < -0.4 is 15.8 Å². The molecule has 4 aromatic heterocycles. The number of halogens is 1. The average Bonchev–Trinajstić information content (AvgIpc) is 3.48. The number of benzene rings is 1. The second-order valence-corrected chi connectivity index (χ2v) is 9.70. The number of imidazole rings is 1. The predicted octanol–water partition coefficient (Wildman–Crippen LogP) is 3.88. The zero-order valence-corrected chi connectivity index (χ0v) is 20.6. The van der Waals surface area contributed by atoms with Crippen LogP contribution in [0, 0.1) is 12.7 Å². The Balaban J connectivity index is 1.25. The van der Waals surface area contributed by atoms with Gasteiger partial charge in [0.2, 0.25) is 5.88 Å². The Kier molecular flexibility index (Phi) is 5.08. The number of aliphatic hydroxyl groups is 1. The molecule has 0 aliphatic carbocycles. The minimum Gasteiger partial charge on any atom is -0.477 e. The van der Waals surface area contributed by atoms with Crippen molar-refractivity contribution in [1.82, 2.24) is 29.3 Å². The molecule has 11 heteroatoms. The molecule has 0 bridgehead atoms. The van der Waals surface area contributed by atoms with Crippen LogP contribution in [0.5, 0.6) is 5.88 Å². The molecule has 5 aromatic rings. The van der Waals surface area contributed by atoms with E-state index in [-0.39, 0.29) is 5.69 Å². The normalized spacial score (nSPS) is 16.3. The number of hydrogen-bond donors (Lipinski definition) is 3. The summed E-state index contributed by atoms with van der Waals surface area (Å²) in [6, 6.07) is 5.58. The van der Waals surface area contributed by atoms with Crippen molar-refractivity contribution in [3.05, 3.63) is 71.4 Å². The number of aliphatic hydroxyl groups excluding tert-OH is 1. The molecule has 0 spiro atoms. The van der Waals surface area contributed by atoms with E-state index in [0.717, 1.165) is 24.5 Å². The Labute approximate surface area is 216 Å². The molecule has 2 aliphatic rings. The van der Waals surface area contributed by atoms with Crippen LogP contribution in [0.15, 0.2) is 43.0 Å². The molecule has 10 nitrogen and oxygen atoms in total. The maximum atomic E-state index is 15.5. The van der Waals surface area contributed by atoms with E-state index < -0.39 is 11.9 Å². The zero-order chi connectivity index (χ0) is 26.0. The van der Waals surface area contributed by atoms with Gasteiger partial charge in [-0.05, 0) is 30.0 Å². The number of aromatic nitrogens is 6. The smallest absolute Gasteiger partial charge is 0.219 e. The molecule has 38 heavy (non-hydrogen) atoms. The molecule has 0 radical (unpaired) electrons. The van der Waals surface area contributed by atoms with Gasteiger partial charge in [-0.2, -0.15) is 5.10 Å². The third-order valence-electron chi connectivity index (χ3n) is 7.42. The molecule has 0 saturated heterocycles. The summed E-state index contributed by atoms with van der Waals surface area (Å²) in [5.41, 5.74) is 9.51. The summed E-state index contributed by atoms with van der Waals surface area (Å²) < 4.78 is 25.2. The number of nitrogens with two attached hydrogens (primary N) is 1.